The highest BCUT2D eigenvalue weighted by Crippen LogP contribution is 2.24. The lowest BCUT2D eigenvalue weighted by Crippen LogP contribution is -2.50. The number of carbonyl (C=O) groups is 3. The van der Waals surface area contributed by atoms with E-state index in [1.165, 1.54) is 0 Å². The molecule has 9 heteroatoms. The number of pyridine rings is 1. The molecule has 0 aliphatic carbocycles. The van der Waals surface area contributed by atoms with Crippen LogP contribution in [-0.2, 0) is 23.8 Å². The number of esters is 2. The highest BCUT2D eigenvalue weighted by Gasteiger charge is 2.32. The average Bonchev–Trinajstić information content (AvgIpc) is 2.68. The molecular formula is C21H31N3O6. The van der Waals surface area contributed by atoms with E-state index in [2.05, 4.69) is 4.98 Å². The van der Waals surface area contributed by atoms with Gasteiger partial charge in [-0.15, -0.1) is 0 Å². The van der Waals surface area contributed by atoms with Crippen molar-refractivity contribution in [1.82, 2.24) is 9.88 Å². The van der Waals surface area contributed by atoms with Gasteiger partial charge in [-0.05, 0) is 52.3 Å². The van der Waals surface area contributed by atoms with Crippen LogP contribution in [0.15, 0.2) is 18.3 Å². The minimum Gasteiger partial charge on any atom is -0.465 e. The van der Waals surface area contributed by atoms with Crippen LogP contribution in [0.1, 0.15) is 46.1 Å². The molecule has 0 aromatic carbocycles. The van der Waals surface area contributed by atoms with Crippen molar-refractivity contribution in [3.63, 3.8) is 0 Å². The van der Waals surface area contributed by atoms with Crippen LogP contribution < -0.4 is 4.90 Å². The second-order valence-corrected chi connectivity index (χ2v) is 7.84. The smallest absolute Gasteiger partial charge is 0.410 e. The number of carbonyl (C=O) groups excluding carboxylic acids is 3. The molecule has 1 saturated heterocycles. The summed E-state index contributed by atoms with van der Waals surface area (Å²) < 4.78 is 15.5. The summed E-state index contributed by atoms with van der Waals surface area (Å²) in [6.07, 6.45) is 1.21. The summed E-state index contributed by atoms with van der Waals surface area (Å²) in [5.74, 6) is -1.84. The van der Waals surface area contributed by atoms with E-state index in [1.807, 2.05) is 25.7 Å². The van der Waals surface area contributed by atoms with Crippen LogP contribution in [0.4, 0.5) is 10.6 Å². The van der Waals surface area contributed by atoms with E-state index in [1.54, 1.807) is 37.1 Å². The molecule has 0 atom stereocenters. The third-order valence-electron chi connectivity index (χ3n) is 4.40. The molecule has 2 heterocycles. The van der Waals surface area contributed by atoms with Gasteiger partial charge in [-0.3, -0.25) is 9.59 Å². The summed E-state index contributed by atoms with van der Waals surface area (Å²) in [6.45, 7) is 11.3. The largest absolute Gasteiger partial charge is 0.465 e. The van der Waals surface area contributed by atoms with Crippen molar-refractivity contribution in [3.8, 4) is 0 Å². The minimum atomic E-state index is -1.16. The lowest BCUT2D eigenvalue weighted by molar-refractivity contribution is -0.156. The van der Waals surface area contributed by atoms with Gasteiger partial charge in [-0.1, -0.05) is 0 Å². The van der Waals surface area contributed by atoms with Crippen molar-refractivity contribution < 1.29 is 28.6 Å². The SMILES string of the molecule is CCOC(=O)C(C(=O)OCC)c1ccnc(N2CCN(C(=O)OC(C)(C)C)CC2)c1. The molecule has 30 heavy (non-hydrogen) atoms. The van der Waals surface area contributed by atoms with Gasteiger partial charge in [0.15, 0.2) is 5.92 Å². The van der Waals surface area contributed by atoms with E-state index in [0.717, 1.165) is 0 Å². The minimum absolute atomic E-state index is 0.166. The van der Waals surface area contributed by atoms with E-state index in [4.69, 9.17) is 14.2 Å². The van der Waals surface area contributed by atoms with Crippen molar-refractivity contribution in [3.05, 3.63) is 23.9 Å². The molecule has 166 valence electrons. The normalized spacial score (nSPS) is 14.5. The fourth-order valence-electron chi connectivity index (χ4n) is 3.05. The second-order valence-electron chi connectivity index (χ2n) is 7.84. The first-order valence-electron chi connectivity index (χ1n) is 10.2. The molecule has 0 radical (unpaired) electrons. The second kappa shape index (κ2) is 10.3. The molecule has 9 nitrogen and oxygen atoms in total. The molecule has 1 aliphatic heterocycles. The van der Waals surface area contributed by atoms with E-state index in [9.17, 15) is 14.4 Å². The van der Waals surface area contributed by atoms with Gasteiger partial charge >= 0.3 is 18.0 Å². The first-order valence-corrected chi connectivity index (χ1v) is 10.2. The quantitative estimate of drug-likeness (QED) is 0.392. The van der Waals surface area contributed by atoms with Crippen LogP contribution in [0, 0.1) is 0 Å². The van der Waals surface area contributed by atoms with Crippen molar-refractivity contribution in [1.29, 1.82) is 0 Å². The van der Waals surface area contributed by atoms with Gasteiger partial charge in [0.05, 0.1) is 13.2 Å². The first-order chi connectivity index (χ1) is 14.2. The number of anilines is 1. The summed E-state index contributed by atoms with van der Waals surface area (Å²) >= 11 is 0. The van der Waals surface area contributed by atoms with Crippen LogP contribution >= 0.6 is 0 Å². The van der Waals surface area contributed by atoms with E-state index >= 15 is 0 Å². The monoisotopic (exact) mass is 421 g/mol. The van der Waals surface area contributed by atoms with E-state index in [0.29, 0.717) is 37.6 Å². The van der Waals surface area contributed by atoms with Crippen molar-refractivity contribution in [2.75, 3.05) is 44.3 Å². The Morgan fingerprint density at radius 1 is 1.03 bits per heavy atom. The van der Waals surface area contributed by atoms with Gasteiger partial charge in [0.25, 0.3) is 0 Å². The summed E-state index contributed by atoms with van der Waals surface area (Å²) in [4.78, 5) is 45.0. The van der Waals surface area contributed by atoms with Crippen molar-refractivity contribution >= 4 is 23.8 Å². The Bertz CT molecular complexity index is 735. The predicted molar refractivity (Wildman–Crippen MR) is 110 cm³/mol. The molecule has 1 aromatic rings. The van der Waals surface area contributed by atoms with Crippen LogP contribution in [0.3, 0.4) is 0 Å². The molecular weight excluding hydrogens is 390 g/mol. The molecule has 1 aliphatic rings. The molecule has 0 unspecified atom stereocenters. The number of nitrogens with zero attached hydrogens (tertiary/aromatic N) is 3. The number of hydrogen-bond donors (Lipinski definition) is 0. The third kappa shape index (κ3) is 6.33. The lowest BCUT2D eigenvalue weighted by Gasteiger charge is -2.36. The van der Waals surface area contributed by atoms with Crippen LogP contribution in [0.25, 0.3) is 0 Å². The first kappa shape index (κ1) is 23.4. The number of rotatable bonds is 6. The highest BCUT2D eigenvalue weighted by molar-refractivity contribution is 6.01. The molecule has 1 aromatic heterocycles. The molecule has 0 spiro atoms. The van der Waals surface area contributed by atoms with Crippen LogP contribution in [0.5, 0.6) is 0 Å². The lowest BCUT2D eigenvalue weighted by atomic mass is 10.00. The topological polar surface area (TPSA) is 98.3 Å². The molecule has 1 amide bonds. The summed E-state index contributed by atoms with van der Waals surface area (Å²) in [6, 6.07) is 3.31. The van der Waals surface area contributed by atoms with Gasteiger partial charge in [0, 0.05) is 32.4 Å². The maximum absolute atomic E-state index is 12.4. The summed E-state index contributed by atoms with van der Waals surface area (Å²) in [5, 5.41) is 0. The van der Waals surface area contributed by atoms with E-state index < -0.39 is 23.5 Å². The predicted octanol–water partition coefficient (Wildman–Crippen LogP) is 2.35. The van der Waals surface area contributed by atoms with E-state index in [-0.39, 0.29) is 19.3 Å². The zero-order valence-electron chi connectivity index (χ0n) is 18.3. The number of hydrogen-bond acceptors (Lipinski definition) is 8. The van der Waals surface area contributed by atoms with Gasteiger partial charge < -0.3 is 24.0 Å². The zero-order valence-corrected chi connectivity index (χ0v) is 18.3. The Balaban J connectivity index is 2.12. The summed E-state index contributed by atoms with van der Waals surface area (Å²) in [5.41, 5.74) is -0.0780. The highest BCUT2D eigenvalue weighted by atomic mass is 16.6. The fraction of sp³-hybridized carbons (Fsp3) is 0.619. The third-order valence-corrected chi connectivity index (χ3v) is 4.40. The average molecular weight is 421 g/mol. The maximum atomic E-state index is 12.4. The van der Waals surface area contributed by atoms with Gasteiger partial charge in [0.1, 0.15) is 11.4 Å². The van der Waals surface area contributed by atoms with Crippen LogP contribution in [-0.4, -0.2) is 72.9 Å². The Labute approximate surface area is 177 Å². The van der Waals surface area contributed by atoms with Gasteiger partial charge in [0.2, 0.25) is 0 Å². The van der Waals surface area contributed by atoms with Crippen molar-refractivity contribution in [2.45, 2.75) is 46.1 Å². The molecule has 0 saturated carbocycles. The van der Waals surface area contributed by atoms with Gasteiger partial charge in [-0.2, -0.15) is 0 Å². The van der Waals surface area contributed by atoms with Crippen LogP contribution in [0.2, 0.25) is 0 Å². The Hall–Kier alpha value is -2.84. The maximum Gasteiger partial charge on any atom is 0.410 e. The molecule has 2 rings (SSSR count). The molecule has 1 fully saturated rings. The van der Waals surface area contributed by atoms with Gasteiger partial charge in [-0.25, -0.2) is 9.78 Å². The number of piperazine rings is 1. The Kier molecular flexibility index (Phi) is 8.02. The fourth-order valence-corrected chi connectivity index (χ4v) is 3.05. The summed E-state index contributed by atoms with van der Waals surface area (Å²) in [7, 11) is 0. The van der Waals surface area contributed by atoms with Crippen molar-refractivity contribution in [2.24, 2.45) is 0 Å². The number of ether oxygens (including phenoxy) is 3. The Morgan fingerprint density at radius 3 is 2.10 bits per heavy atom. The molecule has 0 bridgehead atoms. The molecule has 0 N–H and O–H groups in total. The standard InChI is InChI=1S/C21H31N3O6/c1-6-28-18(25)17(19(26)29-7-2)15-8-9-22-16(14-15)23-10-12-24(13-11-23)20(27)30-21(3,4)5/h8-9,14,17H,6-7,10-13H2,1-5H3. The number of amides is 1. The Morgan fingerprint density at radius 2 is 1.60 bits per heavy atom. The zero-order chi connectivity index (χ0) is 22.3. The number of aromatic nitrogens is 1.